The molecule has 124 valence electrons. The van der Waals surface area contributed by atoms with E-state index in [0.717, 1.165) is 23.0 Å². The molecule has 0 fully saturated rings. The number of pyridine rings is 1. The lowest BCUT2D eigenvalue weighted by molar-refractivity contribution is -0.136. The second-order valence-electron chi connectivity index (χ2n) is 5.21. The van der Waals surface area contributed by atoms with E-state index in [1.54, 1.807) is 24.3 Å². The number of fused-ring (bicyclic) bond motifs is 1. The zero-order valence-corrected chi connectivity index (χ0v) is 13.0. The number of amides is 1. The minimum Gasteiger partial charge on any atom is -0.397 e. The Kier molecular flexibility index (Phi) is 3.92. The monoisotopic (exact) mass is 351 g/mol. The summed E-state index contributed by atoms with van der Waals surface area (Å²) < 4.78 is 40.3. The Bertz CT molecular complexity index is 920. The summed E-state index contributed by atoms with van der Waals surface area (Å²) in [5.74, 6) is -0.867. The minimum atomic E-state index is -4.61. The van der Waals surface area contributed by atoms with Gasteiger partial charge in [-0.15, -0.1) is 11.3 Å². The van der Waals surface area contributed by atoms with Gasteiger partial charge in [-0.2, -0.15) is 13.2 Å². The van der Waals surface area contributed by atoms with Crippen LogP contribution in [0, 0.1) is 0 Å². The SMILES string of the molecule is NC(=O)c1sc2nc(Cc3ccccc3)cc(C(F)(F)F)c2c1N. The predicted molar refractivity (Wildman–Crippen MR) is 86.8 cm³/mol. The van der Waals surface area contributed by atoms with Crippen molar-refractivity contribution < 1.29 is 18.0 Å². The Morgan fingerprint density at radius 1 is 1.21 bits per heavy atom. The van der Waals surface area contributed by atoms with Crippen molar-refractivity contribution in [2.75, 3.05) is 5.73 Å². The van der Waals surface area contributed by atoms with Crippen molar-refractivity contribution in [1.29, 1.82) is 0 Å². The first-order valence-electron chi connectivity index (χ1n) is 6.90. The number of alkyl halides is 3. The number of hydrogen-bond acceptors (Lipinski definition) is 4. The van der Waals surface area contributed by atoms with Crippen LogP contribution >= 0.6 is 11.3 Å². The average Bonchev–Trinajstić information content (AvgIpc) is 2.84. The molecule has 0 radical (unpaired) electrons. The number of carbonyl (C=O) groups excluding carboxylic acids is 1. The van der Waals surface area contributed by atoms with Crippen molar-refractivity contribution in [3.05, 3.63) is 58.1 Å². The van der Waals surface area contributed by atoms with Crippen LogP contribution in [0.15, 0.2) is 36.4 Å². The van der Waals surface area contributed by atoms with Gasteiger partial charge < -0.3 is 11.5 Å². The number of primary amides is 1. The summed E-state index contributed by atoms with van der Waals surface area (Å²) in [5, 5.41) is -0.266. The molecule has 0 bridgehead atoms. The van der Waals surface area contributed by atoms with Crippen LogP contribution in [-0.4, -0.2) is 10.9 Å². The van der Waals surface area contributed by atoms with Crippen molar-refractivity contribution in [2.45, 2.75) is 12.6 Å². The number of thiophene rings is 1. The average molecular weight is 351 g/mol. The lowest BCUT2D eigenvalue weighted by Crippen LogP contribution is -2.12. The number of nitrogens with two attached hydrogens (primary N) is 2. The molecule has 0 aliphatic carbocycles. The van der Waals surface area contributed by atoms with Crippen molar-refractivity contribution in [3.8, 4) is 0 Å². The summed E-state index contributed by atoms with van der Waals surface area (Å²) in [5.41, 5.74) is 10.8. The van der Waals surface area contributed by atoms with E-state index in [4.69, 9.17) is 11.5 Å². The van der Waals surface area contributed by atoms with Gasteiger partial charge in [0.15, 0.2) is 0 Å². The van der Waals surface area contributed by atoms with Gasteiger partial charge in [0, 0.05) is 17.5 Å². The number of hydrogen-bond donors (Lipinski definition) is 2. The number of rotatable bonds is 3. The maximum Gasteiger partial charge on any atom is 0.417 e. The number of halogens is 3. The molecule has 8 heteroatoms. The second-order valence-corrected chi connectivity index (χ2v) is 6.21. The summed E-state index contributed by atoms with van der Waals surface area (Å²) in [6.07, 6.45) is -4.37. The number of benzene rings is 1. The third-order valence-corrected chi connectivity index (χ3v) is 4.62. The molecule has 2 aromatic heterocycles. The molecule has 1 aromatic carbocycles. The Hall–Kier alpha value is -2.61. The van der Waals surface area contributed by atoms with Gasteiger partial charge in [-0.3, -0.25) is 4.79 Å². The fraction of sp³-hybridized carbons (Fsp3) is 0.125. The third-order valence-electron chi connectivity index (χ3n) is 3.51. The van der Waals surface area contributed by atoms with Crippen LogP contribution in [0.4, 0.5) is 18.9 Å². The van der Waals surface area contributed by atoms with E-state index >= 15 is 0 Å². The maximum absolute atomic E-state index is 13.4. The molecule has 4 nitrogen and oxygen atoms in total. The molecule has 3 rings (SSSR count). The Morgan fingerprint density at radius 2 is 1.88 bits per heavy atom. The summed E-state index contributed by atoms with van der Waals surface area (Å²) in [4.78, 5) is 15.6. The minimum absolute atomic E-state index is 0.0575. The molecule has 0 spiro atoms. The zero-order chi connectivity index (χ0) is 17.5. The summed E-state index contributed by atoms with van der Waals surface area (Å²) in [6, 6.07) is 10.00. The van der Waals surface area contributed by atoms with E-state index in [0.29, 0.717) is 0 Å². The van der Waals surface area contributed by atoms with E-state index in [2.05, 4.69) is 4.98 Å². The van der Waals surface area contributed by atoms with Gasteiger partial charge >= 0.3 is 6.18 Å². The van der Waals surface area contributed by atoms with E-state index in [-0.39, 0.29) is 32.9 Å². The van der Waals surface area contributed by atoms with E-state index in [1.807, 2.05) is 6.07 Å². The zero-order valence-electron chi connectivity index (χ0n) is 12.2. The molecule has 0 saturated heterocycles. The Morgan fingerprint density at radius 3 is 2.46 bits per heavy atom. The van der Waals surface area contributed by atoms with Crippen molar-refractivity contribution in [1.82, 2.24) is 4.98 Å². The van der Waals surface area contributed by atoms with E-state index < -0.39 is 17.6 Å². The predicted octanol–water partition coefficient (Wildman–Crippen LogP) is 3.59. The van der Waals surface area contributed by atoms with Gasteiger partial charge in [0.05, 0.1) is 11.3 Å². The van der Waals surface area contributed by atoms with Gasteiger partial charge in [0.1, 0.15) is 9.71 Å². The molecule has 0 saturated carbocycles. The fourth-order valence-electron chi connectivity index (χ4n) is 2.47. The van der Waals surface area contributed by atoms with Gasteiger partial charge in [0.2, 0.25) is 0 Å². The van der Waals surface area contributed by atoms with E-state index in [9.17, 15) is 18.0 Å². The highest BCUT2D eigenvalue weighted by Crippen LogP contribution is 2.42. The van der Waals surface area contributed by atoms with E-state index in [1.165, 1.54) is 0 Å². The van der Waals surface area contributed by atoms with Crippen molar-refractivity contribution >= 4 is 33.1 Å². The van der Waals surface area contributed by atoms with Crippen LogP contribution in [0.5, 0.6) is 0 Å². The lowest BCUT2D eigenvalue weighted by atomic mass is 10.0. The molecule has 3 aromatic rings. The second kappa shape index (κ2) is 5.79. The van der Waals surface area contributed by atoms with Crippen LogP contribution in [0.2, 0.25) is 0 Å². The van der Waals surface area contributed by atoms with Crippen LogP contribution in [0.1, 0.15) is 26.5 Å². The first kappa shape index (κ1) is 16.3. The lowest BCUT2D eigenvalue weighted by Gasteiger charge is -2.11. The summed E-state index contributed by atoms with van der Waals surface area (Å²) >= 11 is 0.776. The van der Waals surface area contributed by atoms with Crippen LogP contribution in [0.3, 0.4) is 0 Å². The number of anilines is 1. The standard InChI is InChI=1S/C16H12F3N3OS/c17-16(18,19)10-7-9(6-8-4-2-1-3-5-8)22-15-11(10)12(20)13(24-15)14(21)23/h1-5,7H,6,20H2,(H2,21,23). The summed E-state index contributed by atoms with van der Waals surface area (Å²) in [6.45, 7) is 0. The van der Waals surface area contributed by atoms with Gasteiger partial charge in [-0.1, -0.05) is 30.3 Å². The first-order valence-corrected chi connectivity index (χ1v) is 7.72. The number of nitrogen functional groups attached to an aromatic ring is 1. The Labute approximate surface area is 138 Å². The van der Waals surface area contributed by atoms with Crippen molar-refractivity contribution in [2.24, 2.45) is 5.73 Å². The summed E-state index contributed by atoms with van der Waals surface area (Å²) in [7, 11) is 0. The molecule has 0 aliphatic heterocycles. The molecule has 24 heavy (non-hydrogen) atoms. The Balaban J connectivity index is 2.21. The number of aromatic nitrogens is 1. The normalized spacial score (nSPS) is 11.8. The van der Waals surface area contributed by atoms with Gasteiger partial charge in [-0.05, 0) is 11.6 Å². The highest BCUT2D eigenvalue weighted by Gasteiger charge is 2.36. The smallest absolute Gasteiger partial charge is 0.397 e. The molecule has 0 atom stereocenters. The van der Waals surface area contributed by atoms with Gasteiger partial charge in [-0.25, -0.2) is 4.98 Å². The third kappa shape index (κ3) is 2.92. The quantitative estimate of drug-likeness (QED) is 0.756. The molecule has 0 unspecified atom stereocenters. The highest BCUT2D eigenvalue weighted by atomic mass is 32.1. The largest absolute Gasteiger partial charge is 0.417 e. The molecule has 2 heterocycles. The molecule has 1 amide bonds. The molecular weight excluding hydrogens is 339 g/mol. The first-order chi connectivity index (χ1) is 11.3. The van der Waals surface area contributed by atoms with Crippen LogP contribution < -0.4 is 11.5 Å². The highest BCUT2D eigenvalue weighted by molar-refractivity contribution is 7.21. The molecule has 4 N–H and O–H groups in total. The van der Waals surface area contributed by atoms with Crippen LogP contribution in [-0.2, 0) is 12.6 Å². The van der Waals surface area contributed by atoms with Gasteiger partial charge in [0.25, 0.3) is 5.91 Å². The fourth-order valence-corrected chi connectivity index (χ4v) is 3.46. The number of nitrogens with zero attached hydrogens (tertiary/aromatic N) is 1. The van der Waals surface area contributed by atoms with Crippen LogP contribution in [0.25, 0.3) is 10.2 Å². The molecular formula is C16H12F3N3OS. The molecule has 0 aliphatic rings. The van der Waals surface area contributed by atoms with Crippen molar-refractivity contribution in [3.63, 3.8) is 0 Å². The number of carbonyl (C=O) groups is 1. The topological polar surface area (TPSA) is 82.0 Å². The maximum atomic E-state index is 13.4.